The Balaban J connectivity index is 0.000000429. The summed E-state index contributed by atoms with van der Waals surface area (Å²) in [5.74, 6) is -1.41. The van der Waals surface area contributed by atoms with Gasteiger partial charge in [0.2, 0.25) is 5.91 Å². The second kappa shape index (κ2) is 11.4. The van der Waals surface area contributed by atoms with E-state index in [1.807, 2.05) is 19.9 Å². The topological polar surface area (TPSA) is 78.9 Å². The SMILES string of the molecule is CC(C)NC(=O)CC1CC2(CCN(Cc3ccsc3)CC2)Oc2ccccc21.O=C(O)C(F)(F)F. The first-order chi connectivity index (χ1) is 16.5. The number of carbonyl (C=O) groups is 2. The van der Waals surface area contributed by atoms with Gasteiger partial charge in [0, 0.05) is 38.0 Å². The Hall–Kier alpha value is -2.59. The monoisotopic (exact) mass is 512 g/mol. The van der Waals surface area contributed by atoms with E-state index in [9.17, 15) is 18.0 Å². The summed E-state index contributed by atoms with van der Waals surface area (Å²) >= 11 is 1.76. The van der Waals surface area contributed by atoms with E-state index in [1.54, 1.807) is 11.3 Å². The maximum absolute atomic E-state index is 12.5. The van der Waals surface area contributed by atoms with Crippen LogP contribution in [0.5, 0.6) is 5.75 Å². The number of hydrogen-bond acceptors (Lipinski definition) is 5. The van der Waals surface area contributed by atoms with Crippen LogP contribution in [0.1, 0.15) is 56.6 Å². The van der Waals surface area contributed by atoms with Crippen LogP contribution in [0.25, 0.3) is 0 Å². The second-order valence-corrected chi connectivity index (χ2v) is 10.1. The first-order valence-electron chi connectivity index (χ1n) is 11.6. The third-order valence-corrected chi connectivity index (χ3v) is 6.91. The summed E-state index contributed by atoms with van der Waals surface area (Å²) in [4.78, 5) is 23.9. The molecule has 3 heterocycles. The van der Waals surface area contributed by atoms with Crippen LogP contribution in [0, 0.1) is 0 Å². The number of alkyl halides is 3. The highest BCUT2D eigenvalue weighted by molar-refractivity contribution is 7.07. The van der Waals surface area contributed by atoms with Crippen LogP contribution in [0.3, 0.4) is 0 Å². The Morgan fingerprint density at radius 2 is 1.89 bits per heavy atom. The van der Waals surface area contributed by atoms with Crippen molar-refractivity contribution in [1.29, 1.82) is 0 Å². The first-order valence-corrected chi connectivity index (χ1v) is 12.5. The number of carboxylic acids is 1. The van der Waals surface area contributed by atoms with Crippen molar-refractivity contribution >= 4 is 23.2 Å². The van der Waals surface area contributed by atoms with Gasteiger partial charge in [0.05, 0.1) is 0 Å². The zero-order valence-electron chi connectivity index (χ0n) is 19.8. The van der Waals surface area contributed by atoms with Crippen molar-refractivity contribution in [2.24, 2.45) is 0 Å². The van der Waals surface area contributed by atoms with Gasteiger partial charge in [0.1, 0.15) is 11.4 Å². The van der Waals surface area contributed by atoms with Gasteiger partial charge in [-0.15, -0.1) is 0 Å². The molecule has 1 saturated heterocycles. The Morgan fingerprint density at radius 1 is 1.23 bits per heavy atom. The van der Waals surface area contributed by atoms with Crippen molar-refractivity contribution < 1.29 is 32.6 Å². The molecule has 0 radical (unpaired) electrons. The summed E-state index contributed by atoms with van der Waals surface area (Å²) in [5, 5.41) is 14.6. The van der Waals surface area contributed by atoms with Crippen molar-refractivity contribution in [1.82, 2.24) is 10.2 Å². The van der Waals surface area contributed by atoms with Crippen LogP contribution >= 0.6 is 11.3 Å². The first kappa shape index (κ1) is 27.0. The molecular weight excluding hydrogens is 481 g/mol. The number of rotatable bonds is 5. The lowest BCUT2D eigenvalue weighted by atomic mass is 9.76. The Morgan fingerprint density at radius 3 is 2.46 bits per heavy atom. The van der Waals surface area contributed by atoms with Gasteiger partial charge in [0.25, 0.3) is 0 Å². The minimum atomic E-state index is -5.08. The number of benzene rings is 1. The number of carbonyl (C=O) groups excluding carboxylic acids is 1. The molecule has 1 atom stereocenters. The molecule has 2 N–H and O–H groups in total. The lowest BCUT2D eigenvalue weighted by Crippen LogP contribution is -2.50. The normalized spacial score (nSPS) is 19.3. The Bertz CT molecular complexity index is 987. The third-order valence-electron chi connectivity index (χ3n) is 6.18. The summed E-state index contributed by atoms with van der Waals surface area (Å²) in [6.45, 7) is 7.14. The molecule has 2 aliphatic rings. The van der Waals surface area contributed by atoms with Crippen LogP contribution in [-0.4, -0.2) is 52.8 Å². The maximum atomic E-state index is 12.5. The number of fused-ring (bicyclic) bond motifs is 1. The van der Waals surface area contributed by atoms with E-state index in [0.717, 1.165) is 44.6 Å². The summed E-state index contributed by atoms with van der Waals surface area (Å²) in [6, 6.07) is 10.7. The fourth-order valence-electron chi connectivity index (χ4n) is 4.60. The quantitative estimate of drug-likeness (QED) is 0.576. The van der Waals surface area contributed by atoms with Crippen LogP contribution in [-0.2, 0) is 16.1 Å². The molecule has 35 heavy (non-hydrogen) atoms. The number of halogens is 3. The summed E-state index contributed by atoms with van der Waals surface area (Å²) < 4.78 is 38.3. The van der Waals surface area contributed by atoms with Crippen LogP contribution in [0.4, 0.5) is 13.2 Å². The predicted molar refractivity (Wildman–Crippen MR) is 128 cm³/mol. The standard InChI is InChI=1S/C23H30N2O2S.C2HF3O2/c1-17(2)24-22(26)13-19-14-23(27-21-6-4-3-5-20(19)21)8-10-25(11-9-23)15-18-7-12-28-16-18;3-2(4,5)1(6)7/h3-7,12,16-17,19H,8-11,13-15H2,1-2H3,(H,24,26);(H,6,7). The van der Waals surface area contributed by atoms with Crippen LogP contribution in [0.2, 0.25) is 0 Å². The van der Waals surface area contributed by atoms with Gasteiger partial charge in [0.15, 0.2) is 0 Å². The number of thiophene rings is 1. The van der Waals surface area contributed by atoms with E-state index in [-0.39, 0.29) is 23.5 Å². The number of nitrogens with one attached hydrogen (secondary N) is 1. The molecule has 1 unspecified atom stereocenters. The minimum absolute atomic E-state index is 0.137. The van der Waals surface area contributed by atoms with E-state index in [0.29, 0.717) is 6.42 Å². The predicted octanol–water partition coefficient (Wildman–Crippen LogP) is 5.20. The van der Waals surface area contributed by atoms with E-state index in [2.05, 4.69) is 45.2 Å². The highest BCUT2D eigenvalue weighted by Crippen LogP contribution is 2.46. The molecule has 1 fully saturated rings. The van der Waals surface area contributed by atoms with Crippen molar-refractivity contribution in [3.05, 3.63) is 52.2 Å². The smallest absolute Gasteiger partial charge is 0.487 e. The molecule has 2 aromatic rings. The highest BCUT2D eigenvalue weighted by Gasteiger charge is 2.43. The Kier molecular flexibility index (Phi) is 8.82. The van der Waals surface area contributed by atoms with Gasteiger partial charge < -0.3 is 15.2 Å². The summed E-state index contributed by atoms with van der Waals surface area (Å²) in [6.07, 6.45) is -1.57. The van der Waals surface area contributed by atoms with Crippen LogP contribution < -0.4 is 10.1 Å². The van der Waals surface area contributed by atoms with Gasteiger partial charge in [-0.05, 0) is 67.1 Å². The number of para-hydroxylation sites is 1. The van der Waals surface area contributed by atoms with Gasteiger partial charge >= 0.3 is 12.1 Å². The number of ether oxygens (including phenoxy) is 1. The zero-order valence-corrected chi connectivity index (χ0v) is 20.6. The zero-order chi connectivity index (χ0) is 25.6. The van der Waals surface area contributed by atoms with Crippen molar-refractivity contribution in [2.75, 3.05) is 13.1 Å². The molecule has 2 aliphatic heterocycles. The number of piperidine rings is 1. The molecule has 1 aromatic heterocycles. The average Bonchev–Trinajstić information content (AvgIpc) is 3.28. The van der Waals surface area contributed by atoms with E-state index < -0.39 is 12.1 Å². The average molecular weight is 513 g/mol. The van der Waals surface area contributed by atoms with Crippen molar-refractivity contribution in [3.63, 3.8) is 0 Å². The molecule has 10 heteroatoms. The largest absolute Gasteiger partial charge is 0.490 e. The minimum Gasteiger partial charge on any atom is -0.487 e. The summed E-state index contributed by atoms with van der Waals surface area (Å²) in [7, 11) is 0. The Labute approximate surface area is 207 Å². The molecule has 0 saturated carbocycles. The molecule has 0 bridgehead atoms. The molecule has 4 rings (SSSR count). The van der Waals surface area contributed by atoms with Crippen molar-refractivity contribution in [3.8, 4) is 5.75 Å². The van der Waals surface area contributed by atoms with Crippen LogP contribution in [0.15, 0.2) is 41.1 Å². The second-order valence-electron chi connectivity index (χ2n) is 9.36. The van der Waals surface area contributed by atoms with E-state index >= 15 is 0 Å². The molecule has 0 aliphatic carbocycles. The number of likely N-dealkylation sites (tertiary alicyclic amines) is 1. The number of carboxylic acid groups (broad SMARTS) is 1. The number of amides is 1. The molecular formula is C25H31F3N2O4S. The molecule has 1 spiro atoms. The number of nitrogens with zero attached hydrogens (tertiary/aromatic N) is 1. The molecule has 192 valence electrons. The highest BCUT2D eigenvalue weighted by atomic mass is 32.1. The number of hydrogen-bond donors (Lipinski definition) is 2. The fourth-order valence-corrected chi connectivity index (χ4v) is 5.26. The molecule has 6 nitrogen and oxygen atoms in total. The fraction of sp³-hybridized carbons (Fsp3) is 0.520. The van der Waals surface area contributed by atoms with E-state index in [4.69, 9.17) is 14.6 Å². The van der Waals surface area contributed by atoms with Gasteiger partial charge in [-0.3, -0.25) is 9.69 Å². The maximum Gasteiger partial charge on any atom is 0.490 e. The van der Waals surface area contributed by atoms with Crippen molar-refractivity contribution in [2.45, 2.75) is 69.8 Å². The van der Waals surface area contributed by atoms with Gasteiger partial charge in [-0.1, -0.05) is 18.2 Å². The van der Waals surface area contributed by atoms with Gasteiger partial charge in [-0.2, -0.15) is 24.5 Å². The molecule has 1 amide bonds. The summed E-state index contributed by atoms with van der Waals surface area (Å²) in [5.41, 5.74) is 2.45. The van der Waals surface area contributed by atoms with Gasteiger partial charge in [-0.25, -0.2) is 4.79 Å². The van der Waals surface area contributed by atoms with E-state index in [1.165, 1.54) is 11.1 Å². The lowest BCUT2D eigenvalue weighted by molar-refractivity contribution is -0.192. The number of aliphatic carboxylic acids is 1. The molecule has 1 aromatic carbocycles. The lowest BCUT2D eigenvalue weighted by Gasteiger charge is -2.47. The third kappa shape index (κ3) is 7.70.